The lowest BCUT2D eigenvalue weighted by atomic mass is 9.85. The highest BCUT2D eigenvalue weighted by molar-refractivity contribution is 6.74. The van der Waals surface area contributed by atoms with Gasteiger partial charge >= 0.3 is 0 Å². The number of carbonyl (C=O) groups excluding carboxylic acids is 1. The van der Waals surface area contributed by atoms with E-state index in [9.17, 15) is 4.79 Å². The highest BCUT2D eigenvalue weighted by Crippen LogP contribution is 2.39. The number of ketones is 1. The number of ether oxygens (including phenoxy) is 3. The van der Waals surface area contributed by atoms with Gasteiger partial charge in [0.2, 0.25) is 0 Å². The van der Waals surface area contributed by atoms with Crippen molar-refractivity contribution in [1.29, 1.82) is 0 Å². The van der Waals surface area contributed by atoms with Gasteiger partial charge in [-0.15, -0.1) is 0 Å². The fourth-order valence-corrected chi connectivity index (χ4v) is 5.07. The molecular weight excluding hydrogens is 456 g/mol. The largest absolute Gasteiger partial charge is 0.497 e. The zero-order valence-electron chi connectivity index (χ0n) is 23.4. The lowest BCUT2D eigenvalue weighted by Crippen LogP contribution is -2.48. The molecule has 2 rings (SSSR count). The normalized spacial score (nSPS) is 23.8. The van der Waals surface area contributed by atoms with Crippen LogP contribution in [0.2, 0.25) is 18.1 Å². The highest BCUT2D eigenvalue weighted by atomic mass is 28.4. The molecule has 1 fully saturated rings. The van der Waals surface area contributed by atoms with Gasteiger partial charge in [-0.25, -0.2) is 0 Å². The molecule has 0 amide bonds. The Hall–Kier alpha value is -1.73. The number of benzene rings is 1. The summed E-state index contributed by atoms with van der Waals surface area (Å²) < 4.78 is 24.4. The Morgan fingerprint density at radius 3 is 2.40 bits per heavy atom. The molecule has 5 nitrogen and oxygen atoms in total. The van der Waals surface area contributed by atoms with Crippen molar-refractivity contribution in [3.05, 3.63) is 53.6 Å². The predicted octanol–water partition coefficient (Wildman–Crippen LogP) is 7.11. The quantitative estimate of drug-likeness (QED) is 0.194. The van der Waals surface area contributed by atoms with Crippen molar-refractivity contribution < 1.29 is 23.4 Å². The Morgan fingerprint density at radius 2 is 1.86 bits per heavy atom. The average molecular weight is 503 g/mol. The molecule has 0 bridgehead atoms. The van der Waals surface area contributed by atoms with Crippen LogP contribution in [0.4, 0.5) is 0 Å². The Morgan fingerprint density at radius 1 is 1.23 bits per heavy atom. The summed E-state index contributed by atoms with van der Waals surface area (Å²) in [7, 11) is -0.409. The minimum absolute atomic E-state index is 0.0553. The maximum absolute atomic E-state index is 13.8. The average Bonchev–Trinajstić information content (AvgIpc) is 2.79. The van der Waals surface area contributed by atoms with Crippen LogP contribution in [-0.4, -0.2) is 40.5 Å². The molecule has 6 heteroatoms. The number of carbonyl (C=O) groups is 1. The van der Waals surface area contributed by atoms with E-state index in [4.69, 9.17) is 18.6 Å². The van der Waals surface area contributed by atoms with E-state index < -0.39 is 20.5 Å². The molecule has 5 atom stereocenters. The minimum Gasteiger partial charge on any atom is -0.497 e. The van der Waals surface area contributed by atoms with Crippen LogP contribution >= 0.6 is 0 Å². The zero-order chi connectivity index (χ0) is 26.4. The summed E-state index contributed by atoms with van der Waals surface area (Å²) in [5, 5.41) is 0.0553. The fraction of sp³-hybridized carbons (Fsp3) is 0.621. The Balaban J connectivity index is 2.35. The predicted molar refractivity (Wildman–Crippen MR) is 145 cm³/mol. The number of hydrogen-bond donors (Lipinski definition) is 0. The highest BCUT2D eigenvalue weighted by Gasteiger charge is 2.43. The van der Waals surface area contributed by atoms with Crippen molar-refractivity contribution in [1.82, 2.24) is 0 Å². The first-order valence-corrected chi connectivity index (χ1v) is 15.6. The standard InChI is InChI=1S/C29H46O5Si/c1-11-12-20(2)17-21(3)26(30)25(19-33-35(9,10)29(5,6)7)27-22(4)18-32-28(34-27)23-13-15-24(31-8)16-14-23/h11-17,20,22,25,27-28H,18-19H2,1-10H3/b12-11-,21-17+/t20-,22+,25+,27-,28?/m0/s1. The van der Waals surface area contributed by atoms with E-state index in [2.05, 4.69) is 53.8 Å². The molecule has 1 aromatic carbocycles. The van der Waals surface area contributed by atoms with Crippen molar-refractivity contribution in [3.8, 4) is 5.75 Å². The molecule has 0 spiro atoms. The second-order valence-electron chi connectivity index (χ2n) is 11.3. The molecule has 0 aromatic heterocycles. The maximum atomic E-state index is 13.8. The summed E-state index contributed by atoms with van der Waals surface area (Å²) in [4.78, 5) is 13.8. The lowest BCUT2D eigenvalue weighted by molar-refractivity contribution is -0.250. The number of rotatable bonds is 10. The van der Waals surface area contributed by atoms with Crippen LogP contribution in [0.1, 0.15) is 60.3 Å². The molecule has 35 heavy (non-hydrogen) atoms. The minimum atomic E-state index is -2.05. The molecule has 196 valence electrons. The molecule has 0 saturated carbocycles. The van der Waals surface area contributed by atoms with Gasteiger partial charge in [0, 0.05) is 18.1 Å². The number of Topliss-reactive ketones (excluding diaryl/α,β-unsaturated/α-hetero) is 1. The molecule has 1 aliphatic heterocycles. The zero-order valence-corrected chi connectivity index (χ0v) is 24.4. The molecule has 1 aliphatic rings. The first-order chi connectivity index (χ1) is 16.3. The summed E-state index contributed by atoms with van der Waals surface area (Å²) in [5.41, 5.74) is 1.66. The first kappa shape index (κ1) is 29.5. The molecule has 1 aromatic rings. The number of methoxy groups -OCH3 is 1. The van der Waals surface area contributed by atoms with Crippen LogP contribution in [0.15, 0.2) is 48.1 Å². The molecule has 1 heterocycles. The van der Waals surface area contributed by atoms with Crippen LogP contribution in [0.3, 0.4) is 0 Å². The van der Waals surface area contributed by atoms with Crippen LogP contribution in [-0.2, 0) is 18.7 Å². The van der Waals surface area contributed by atoms with Gasteiger partial charge in [0.15, 0.2) is 20.4 Å². The smallest absolute Gasteiger partial charge is 0.192 e. The summed E-state index contributed by atoms with van der Waals surface area (Å²) in [6.45, 7) is 20.0. The summed E-state index contributed by atoms with van der Waals surface area (Å²) in [6, 6.07) is 7.69. The van der Waals surface area contributed by atoms with Gasteiger partial charge in [0.1, 0.15) is 5.75 Å². The number of allylic oxidation sites excluding steroid dienone is 4. The van der Waals surface area contributed by atoms with Crippen molar-refractivity contribution in [2.24, 2.45) is 17.8 Å². The van der Waals surface area contributed by atoms with E-state index in [1.807, 2.05) is 50.3 Å². The summed E-state index contributed by atoms with van der Waals surface area (Å²) in [5.74, 6) is 0.708. The van der Waals surface area contributed by atoms with Gasteiger partial charge in [-0.05, 0) is 55.6 Å². The maximum Gasteiger partial charge on any atom is 0.192 e. The third-order valence-electron chi connectivity index (χ3n) is 7.30. The molecule has 1 unspecified atom stereocenters. The second-order valence-corrected chi connectivity index (χ2v) is 16.1. The van der Waals surface area contributed by atoms with Gasteiger partial charge in [-0.1, -0.05) is 65.0 Å². The van der Waals surface area contributed by atoms with E-state index in [0.29, 0.717) is 13.2 Å². The molecule has 1 saturated heterocycles. The Kier molecular flexibility index (Phi) is 10.5. The third-order valence-corrected chi connectivity index (χ3v) is 11.8. The van der Waals surface area contributed by atoms with Gasteiger partial charge in [0.05, 0.1) is 25.7 Å². The van der Waals surface area contributed by atoms with Crippen molar-refractivity contribution >= 4 is 14.1 Å². The van der Waals surface area contributed by atoms with E-state index in [1.54, 1.807) is 7.11 Å². The van der Waals surface area contributed by atoms with E-state index in [0.717, 1.165) is 16.9 Å². The summed E-state index contributed by atoms with van der Waals surface area (Å²) >= 11 is 0. The van der Waals surface area contributed by atoms with Crippen molar-refractivity contribution in [3.63, 3.8) is 0 Å². The molecular formula is C29H46O5Si. The van der Waals surface area contributed by atoms with Crippen molar-refractivity contribution in [2.75, 3.05) is 20.3 Å². The van der Waals surface area contributed by atoms with E-state index >= 15 is 0 Å². The van der Waals surface area contributed by atoms with Crippen LogP contribution < -0.4 is 4.74 Å². The van der Waals surface area contributed by atoms with E-state index in [1.165, 1.54) is 0 Å². The fourth-order valence-electron chi connectivity index (χ4n) is 4.04. The monoisotopic (exact) mass is 502 g/mol. The van der Waals surface area contributed by atoms with Gasteiger partial charge in [-0.2, -0.15) is 0 Å². The molecule has 0 N–H and O–H groups in total. The summed E-state index contributed by atoms with van der Waals surface area (Å²) in [6.07, 6.45) is 5.29. The second kappa shape index (κ2) is 12.5. The van der Waals surface area contributed by atoms with Gasteiger partial charge in [-0.3, -0.25) is 4.79 Å². The number of hydrogen-bond acceptors (Lipinski definition) is 5. The van der Waals surface area contributed by atoms with Crippen LogP contribution in [0.5, 0.6) is 5.75 Å². The SMILES string of the molecule is C/C=C\[C@H](C)/C=C(\C)C(=O)[C@@H](CO[Si](C)(C)C(C)(C)C)[C@H]1OC(c2ccc(OC)cc2)OC[C@H]1C. The molecule has 0 radical (unpaired) electrons. The van der Waals surface area contributed by atoms with Gasteiger partial charge in [0.25, 0.3) is 0 Å². The van der Waals surface area contributed by atoms with Gasteiger partial charge < -0.3 is 18.6 Å². The van der Waals surface area contributed by atoms with Crippen LogP contribution in [0, 0.1) is 17.8 Å². The van der Waals surface area contributed by atoms with Crippen molar-refractivity contribution in [2.45, 2.75) is 79.0 Å². The molecule has 0 aliphatic carbocycles. The first-order valence-electron chi connectivity index (χ1n) is 12.7. The Labute approximate surface area is 214 Å². The van der Waals surface area contributed by atoms with E-state index in [-0.39, 0.29) is 28.8 Å². The van der Waals surface area contributed by atoms with Crippen LogP contribution in [0.25, 0.3) is 0 Å². The topological polar surface area (TPSA) is 54.0 Å². The Bertz CT molecular complexity index is 881. The third kappa shape index (κ3) is 7.87. The lowest BCUT2D eigenvalue weighted by Gasteiger charge is -2.41.